The first-order valence-corrected chi connectivity index (χ1v) is 8.19. The Bertz CT molecular complexity index is 584. The molecule has 6 nitrogen and oxygen atoms in total. The minimum Gasteiger partial charge on any atom is -0.434 e. The highest BCUT2D eigenvalue weighted by molar-refractivity contribution is 5.90. The highest BCUT2D eigenvalue weighted by Crippen LogP contribution is 2.20. The van der Waals surface area contributed by atoms with E-state index in [0.717, 1.165) is 5.56 Å². The molecular formula is C18H23NO5. The van der Waals surface area contributed by atoms with Gasteiger partial charge in [-0.15, -0.1) is 0 Å². The van der Waals surface area contributed by atoms with E-state index < -0.39 is 18.2 Å². The third kappa shape index (κ3) is 5.08. The van der Waals surface area contributed by atoms with Crippen molar-refractivity contribution in [2.24, 2.45) is 5.92 Å². The zero-order valence-corrected chi connectivity index (χ0v) is 14.1. The number of amides is 1. The molecule has 1 atom stereocenters. The van der Waals surface area contributed by atoms with Gasteiger partial charge in [0.15, 0.2) is 0 Å². The van der Waals surface area contributed by atoms with E-state index >= 15 is 0 Å². The molecule has 1 amide bonds. The second kappa shape index (κ2) is 8.47. The lowest BCUT2D eigenvalue weighted by Crippen LogP contribution is -2.42. The molecule has 0 spiro atoms. The fourth-order valence-electron chi connectivity index (χ4n) is 2.60. The van der Waals surface area contributed by atoms with Crippen molar-refractivity contribution in [2.45, 2.75) is 39.2 Å². The first kappa shape index (κ1) is 18.0. The highest BCUT2D eigenvalue weighted by atomic mass is 16.7. The fourth-order valence-corrected chi connectivity index (χ4v) is 2.60. The summed E-state index contributed by atoms with van der Waals surface area (Å²) >= 11 is 0. The van der Waals surface area contributed by atoms with Gasteiger partial charge >= 0.3 is 12.1 Å². The van der Waals surface area contributed by atoms with Crippen LogP contribution in [0, 0.1) is 5.92 Å². The van der Waals surface area contributed by atoms with Gasteiger partial charge in [-0.3, -0.25) is 4.79 Å². The molecule has 0 aromatic heterocycles. The summed E-state index contributed by atoms with van der Waals surface area (Å²) in [7, 11) is 0. The van der Waals surface area contributed by atoms with Gasteiger partial charge in [-0.2, -0.15) is 0 Å². The molecule has 1 saturated heterocycles. The van der Waals surface area contributed by atoms with E-state index in [1.54, 1.807) is 0 Å². The summed E-state index contributed by atoms with van der Waals surface area (Å²) in [4.78, 5) is 37.6. The molecule has 0 bridgehead atoms. The third-order valence-electron chi connectivity index (χ3n) is 3.76. The SMILES string of the molecule is CC(C)COC(=O)OC(=O)[C@@H]1CCCN1C(=O)Cc1ccccc1. The quantitative estimate of drug-likeness (QED) is 0.611. The fraction of sp³-hybridized carbons (Fsp3) is 0.500. The monoisotopic (exact) mass is 333 g/mol. The van der Waals surface area contributed by atoms with E-state index in [2.05, 4.69) is 0 Å². The molecule has 0 unspecified atom stereocenters. The largest absolute Gasteiger partial charge is 0.516 e. The number of benzene rings is 1. The van der Waals surface area contributed by atoms with E-state index in [9.17, 15) is 14.4 Å². The van der Waals surface area contributed by atoms with Gasteiger partial charge in [-0.25, -0.2) is 9.59 Å². The molecule has 0 radical (unpaired) electrons. The molecule has 0 aliphatic carbocycles. The minimum atomic E-state index is -1.00. The van der Waals surface area contributed by atoms with Crippen molar-refractivity contribution in [1.82, 2.24) is 4.90 Å². The van der Waals surface area contributed by atoms with E-state index in [1.807, 2.05) is 44.2 Å². The number of esters is 1. The lowest BCUT2D eigenvalue weighted by molar-refractivity contribution is -0.150. The molecule has 2 rings (SSSR count). The number of carbonyl (C=O) groups is 3. The number of carbonyl (C=O) groups excluding carboxylic acids is 3. The van der Waals surface area contributed by atoms with Crippen LogP contribution in [0.5, 0.6) is 0 Å². The van der Waals surface area contributed by atoms with Gasteiger partial charge in [0.1, 0.15) is 6.04 Å². The minimum absolute atomic E-state index is 0.142. The van der Waals surface area contributed by atoms with E-state index in [4.69, 9.17) is 9.47 Å². The molecule has 0 saturated carbocycles. The lowest BCUT2D eigenvalue weighted by atomic mass is 10.1. The van der Waals surface area contributed by atoms with Crippen molar-refractivity contribution in [3.05, 3.63) is 35.9 Å². The lowest BCUT2D eigenvalue weighted by Gasteiger charge is -2.22. The van der Waals surface area contributed by atoms with Gasteiger partial charge in [0, 0.05) is 6.54 Å². The summed E-state index contributed by atoms with van der Waals surface area (Å²) in [5.41, 5.74) is 0.887. The van der Waals surface area contributed by atoms with Crippen LogP contribution in [-0.4, -0.2) is 42.1 Å². The summed E-state index contributed by atoms with van der Waals surface area (Å²) < 4.78 is 9.56. The zero-order chi connectivity index (χ0) is 17.5. The van der Waals surface area contributed by atoms with Gasteiger partial charge in [0.2, 0.25) is 5.91 Å². The number of ether oxygens (including phenoxy) is 2. The van der Waals surface area contributed by atoms with Crippen LogP contribution in [0.1, 0.15) is 32.3 Å². The van der Waals surface area contributed by atoms with Gasteiger partial charge in [-0.05, 0) is 24.3 Å². The van der Waals surface area contributed by atoms with Gasteiger partial charge < -0.3 is 14.4 Å². The van der Waals surface area contributed by atoms with E-state index in [-0.39, 0.29) is 24.9 Å². The molecule has 130 valence electrons. The van der Waals surface area contributed by atoms with Crippen LogP contribution in [0.4, 0.5) is 4.79 Å². The van der Waals surface area contributed by atoms with E-state index in [1.165, 1.54) is 4.90 Å². The Kier molecular flexibility index (Phi) is 6.35. The first-order chi connectivity index (χ1) is 11.5. The van der Waals surface area contributed by atoms with Crippen molar-refractivity contribution in [2.75, 3.05) is 13.2 Å². The van der Waals surface area contributed by atoms with Crippen molar-refractivity contribution in [3.8, 4) is 0 Å². The van der Waals surface area contributed by atoms with Crippen molar-refractivity contribution >= 4 is 18.0 Å². The van der Waals surface area contributed by atoms with Crippen molar-refractivity contribution < 1.29 is 23.9 Å². The molecule has 1 heterocycles. The summed E-state index contributed by atoms with van der Waals surface area (Å²) in [6, 6.07) is 8.63. The van der Waals surface area contributed by atoms with Crippen LogP contribution in [-0.2, 0) is 25.5 Å². The topological polar surface area (TPSA) is 72.9 Å². The van der Waals surface area contributed by atoms with Crippen LogP contribution in [0.25, 0.3) is 0 Å². The Balaban J connectivity index is 1.90. The molecule has 1 aliphatic heterocycles. The summed E-state index contributed by atoms with van der Waals surface area (Å²) in [5.74, 6) is -0.707. The summed E-state index contributed by atoms with van der Waals surface area (Å²) in [6.07, 6.45) is 0.427. The second-order valence-corrected chi connectivity index (χ2v) is 6.28. The Morgan fingerprint density at radius 2 is 1.92 bits per heavy atom. The summed E-state index contributed by atoms with van der Waals surface area (Å²) in [6.45, 7) is 4.45. The predicted octanol–water partition coefficient (Wildman–Crippen LogP) is 2.56. The molecular weight excluding hydrogens is 310 g/mol. The number of hydrogen-bond donors (Lipinski definition) is 0. The molecule has 1 aromatic rings. The number of likely N-dealkylation sites (tertiary alicyclic amines) is 1. The summed E-state index contributed by atoms with van der Waals surface area (Å²) in [5, 5.41) is 0. The van der Waals surface area contributed by atoms with Gasteiger partial charge in [-0.1, -0.05) is 44.2 Å². The number of nitrogens with zero attached hydrogens (tertiary/aromatic N) is 1. The Morgan fingerprint density at radius 1 is 1.21 bits per heavy atom. The van der Waals surface area contributed by atoms with Crippen molar-refractivity contribution in [1.29, 1.82) is 0 Å². The Morgan fingerprint density at radius 3 is 2.58 bits per heavy atom. The van der Waals surface area contributed by atoms with Crippen LogP contribution >= 0.6 is 0 Å². The maximum absolute atomic E-state index is 12.4. The number of rotatable bonds is 5. The number of hydrogen-bond acceptors (Lipinski definition) is 5. The molecule has 1 fully saturated rings. The molecule has 1 aliphatic rings. The third-order valence-corrected chi connectivity index (χ3v) is 3.76. The molecule has 24 heavy (non-hydrogen) atoms. The molecule has 0 N–H and O–H groups in total. The zero-order valence-electron chi connectivity index (χ0n) is 14.1. The first-order valence-electron chi connectivity index (χ1n) is 8.19. The smallest absolute Gasteiger partial charge is 0.434 e. The van der Waals surface area contributed by atoms with E-state index in [0.29, 0.717) is 19.4 Å². The second-order valence-electron chi connectivity index (χ2n) is 6.28. The Hall–Kier alpha value is -2.37. The Labute approximate surface area is 141 Å². The maximum atomic E-state index is 12.4. The van der Waals surface area contributed by atoms with Crippen molar-refractivity contribution in [3.63, 3.8) is 0 Å². The molecule has 6 heteroatoms. The average molecular weight is 333 g/mol. The molecule has 1 aromatic carbocycles. The predicted molar refractivity (Wildman–Crippen MR) is 87.2 cm³/mol. The highest BCUT2D eigenvalue weighted by Gasteiger charge is 2.36. The maximum Gasteiger partial charge on any atom is 0.516 e. The van der Waals surface area contributed by atoms with Gasteiger partial charge in [0.05, 0.1) is 13.0 Å². The van der Waals surface area contributed by atoms with Gasteiger partial charge in [0.25, 0.3) is 0 Å². The van der Waals surface area contributed by atoms with Crippen LogP contribution in [0.15, 0.2) is 30.3 Å². The normalized spacial score (nSPS) is 17.0. The standard InChI is InChI=1S/C18H23NO5/c1-13(2)12-23-18(22)24-17(21)15-9-6-10-19(15)16(20)11-14-7-4-3-5-8-14/h3-5,7-8,13,15H,6,9-12H2,1-2H3/t15-/m0/s1. The van der Waals surface area contributed by atoms with Crippen LogP contribution < -0.4 is 0 Å². The average Bonchev–Trinajstić information content (AvgIpc) is 3.03. The van der Waals surface area contributed by atoms with Crippen LogP contribution in [0.2, 0.25) is 0 Å². The van der Waals surface area contributed by atoms with Crippen LogP contribution in [0.3, 0.4) is 0 Å².